The van der Waals surface area contributed by atoms with E-state index in [-0.39, 0.29) is 12.3 Å². The Morgan fingerprint density at radius 3 is 2.58 bits per heavy atom. The number of carbonyl (C=O) groups is 1. The Balaban J connectivity index is 1.38. The highest BCUT2D eigenvalue weighted by Gasteiger charge is 2.26. The molecule has 0 aliphatic carbocycles. The molecular formula is C20H31N3O3. The van der Waals surface area contributed by atoms with Crippen molar-refractivity contribution in [2.45, 2.75) is 58.7 Å². The second kappa shape index (κ2) is 7.64. The van der Waals surface area contributed by atoms with Crippen LogP contribution < -0.4 is 15.4 Å². The number of carbonyl (C=O) groups excluding carboxylic acids is 1. The smallest absolute Gasteiger partial charge is 0.410 e. The van der Waals surface area contributed by atoms with E-state index in [2.05, 4.69) is 29.7 Å². The third-order valence-corrected chi connectivity index (χ3v) is 4.80. The number of rotatable bonds is 4. The Morgan fingerprint density at radius 2 is 1.88 bits per heavy atom. The molecule has 2 aliphatic heterocycles. The molecule has 26 heavy (non-hydrogen) atoms. The monoisotopic (exact) mass is 361 g/mol. The molecule has 2 heterocycles. The van der Waals surface area contributed by atoms with Gasteiger partial charge in [-0.1, -0.05) is 0 Å². The fraction of sp³-hybridized carbons (Fsp3) is 0.650. The Morgan fingerprint density at radius 1 is 1.19 bits per heavy atom. The molecule has 0 bridgehead atoms. The van der Waals surface area contributed by atoms with Crippen LogP contribution in [0.2, 0.25) is 0 Å². The van der Waals surface area contributed by atoms with Gasteiger partial charge in [0.25, 0.3) is 0 Å². The van der Waals surface area contributed by atoms with Crippen molar-refractivity contribution in [1.29, 1.82) is 0 Å². The number of likely N-dealkylation sites (tertiary alicyclic amines) is 1. The molecule has 6 heteroatoms. The third kappa shape index (κ3) is 4.96. The standard InChI is InChI=1S/C20H31N3O3/c1-14-21-17-6-5-16(13-18(17)22-14)25-12-9-15-7-10-23(11-8-15)19(24)26-20(2,3)4/h5-6,13-15,21-22H,7-12H2,1-4H3. The molecule has 6 nitrogen and oxygen atoms in total. The van der Waals surface area contributed by atoms with E-state index >= 15 is 0 Å². The molecule has 1 atom stereocenters. The minimum Gasteiger partial charge on any atom is -0.494 e. The lowest BCUT2D eigenvalue weighted by molar-refractivity contribution is 0.0177. The molecule has 2 N–H and O–H groups in total. The Hall–Kier alpha value is -2.11. The number of ether oxygens (including phenoxy) is 2. The van der Waals surface area contributed by atoms with E-state index in [9.17, 15) is 4.79 Å². The molecule has 0 saturated carbocycles. The van der Waals surface area contributed by atoms with E-state index in [4.69, 9.17) is 9.47 Å². The highest BCUT2D eigenvalue weighted by molar-refractivity contribution is 5.75. The molecule has 1 amide bonds. The second-order valence-electron chi connectivity index (χ2n) is 8.27. The van der Waals surface area contributed by atoms with Crippen molar-refractivity contribution in [3.8, 4) is 5.75 Å². The maximum atomic E-state index is 12.1. The van der Waals surface area contributed by atoms with Crippen LogP contribution in [0, 0.1) is 5.92 Å². The number of nitrogens with zero attached hydrogens (tertiary/aromatic N) is 1. The summed E-state index contributed by atoms with van der Waals surface area (Å²) in [4.78, 5) is 13.9. The van der Waals surface area contributed by atoms with Gasteiger partial charge in [0, 0.05) is 19.2 Å². The van der Waals surface area contributed by atoms with Crippen LogP contribution in [-0.4, -0.2) is 42.5 Å². The van der Waals surface area contributed by atoms with Crippen LogP contribution >= 0.6 is 0 Å². The van der Waals surface area contributed by atoms with Crippen molar-refractivity contribution in [2.75, 3.05) is 30.3 Å². The number of anilines is 2. The van der Waals surface area contributed by atoms with E-state index in [1.165, 1.54) is 0 Å². The summed E-state index contributed by atoms with van der Waals surface area (Å²) in [5, 5.41) is 6.72. The fourth-order valence-electron chi connectivity index (χ4n) is 3.44. The molecule has 0 radical (unpaired) electrons. The normalized spacial score (nSPS) is 20.2. The van der Waals surface area contributed by atoms with E-state index in [1.807, 2.05) is 31.7 Å². The average Bonchev–Trinajstić information content (AvgIpc) is 2.93. The third-order valence-electron chi connectivity index (χ3n) is 4.80. The molecule has 0 spiro atoms. The Labute approximate surface area is 156 Å². The molecule has 0 aromatic heterocycles. The predicted octanol–water partition coefficient (Wildman–Crippen LogP) is 4.29. The molecule has 2 aliphatic rings. The zero-order chi connectivity index (χ0) is 18.7. The van der Waals surface area contributed by atoms with Crippen LogP contribution in [-0.2, 0) is 4.74 Å². The van der Waals surface area contributed by atoms with Gasteiger partial charge < -0.3 is 25.0 Å². The van der Waals surface area contributed by atoms with E-state index in [0.717, 1.165) is 49.5 Å². The zero-order valence-corrected chi connectivity index (χ0v) is 16.3. The number of benzene rings is 1. The minimum atomic E-state index is -0.431. The summed E-state index contributed by atoms with van der Waals surface area (Å²) in [7, 11) is 0. The van der Waals surface area contributed by atoms with Gasteiger partial charge in [-0.05, 0) is 65.0 Å². The predicted molar refractivity (Wildman–Crippen MR) is 104 cm³/mol. The van der Waals surface area contributed by atoms with Gasteiger partial charge in [-0.15, -0.1) is 0 Å². The average molecular weight is 361 g/mol. The van der Waals surface area contributed by atoms with Crippen LogP contribution in [0.4, 0.5) is 16.2 Å². The van der Waals surface area contributed by atoms with Gasteiger partial charge in [-0.2, -0.15) is 0 Å². The molecule has 1 aromatic rings. The Kier molecular flexibility index (Phi) is 5.49. The van der Waals surface area contributed by atoms with Gasteiger partial charge in [0.1, 0.15) is 11.4 Å². The molecule has 144 valence electrons. The zero-order valence-electron chi connectivity index (χ0n) is 16.3. The van der Waals surface area contributed by atoms with E-state index in [1.54, 1.807) is 0 Å². The van der Waals surface area contributed by atoms with Gasteiger partial charge in [-0.3, -0.25) is 0 Å². The van der Waals surface area contributed by atoms with Crippen molar-refractivity contribution in [1.82, 2.24) is 4.90 Å². The first-order valence-corrected chi connectivity index (χ1v) is 9.58. The lowest BCUT2D eigenvalue weighted by Gasteiger charge is -2.33. The van der Waals surface area contributed by atoms with Crippen molar-refractivity contribution in [3.63, 3.8) is 0 Å². The van der Waals surface area contributed by atoms with Crippen LogP contribution in [0.15, 0.2) is 18.2 Å². The number of amides is 1. The lowest BCUT2D eigenvalue weighted by atomic mass is 9.94. The number of fused-ring (bicyclic) bond motifs is 1. The van der Waals surface area contributed by atoms with E-state index < -0.39 is 5.60 Å². The molecular weight excluding hydrogens is 330 g/mol. The summed E-state index contributed by atoms with van der Waals surface area (Å²) < 4.78 is 11.4. The molecule has 1 fully saturated rings. The first-order chi connectivity index (χ1) is 12.3. The Bertz CT molecular complexity index is 634. The quantitative estimate of drug-likeness (QED) is 0.838. The number of nitrogens with one attached hydrogen (secondary N) is 2. The largest absolute Gasteiger partial charge is 0.494 e. The van der Waals surface area contributed by atoms with Crippen molar-refractivity contribution in [3.05, 3.63) is 18.2 Å². The maximum absolute atomic E-state index is 12.1. The fourth-order valence-corrected chi connectivity index (χ4v) is 3.44. The van der Waals surface area contributed by atoms with Gasteiger partial charge >= 0.3 is 6.09 Å². The van der Waals surface area contributed by atoms with Gasteiger partial charge in [0.15, 0.2) is 0 Å². The minimum absolute atomic E-state index is 0.194. The first kappa shape index (κ1) is 18.7. The maximum Gasteiger partial charge on any atom is 0.410 e. The highest BCUT2D eigenvalue weighted by Crippen LogP contribution is 2.32. The van der Waals surface area contributed by atoms with Crippen molar-refractivity contribution >= 4 is 17.5 Å². The lowest BCUT2D eigenvalue weighted by Crippen LogP contribution is -2.41. The summed E-state index contributed by atoms with van der Waals surface area (Å²) in [5.41, 5.74) is 1.79. The number of piperidine rings is 1. The molecule has 1 saturated heterocycles. The van der Waals surface area contributed by atoms with Gasteiger partial charge in [0.2, 0.25) is 0 Å². The first-order valence-electron chi connectivity index (χ1n) is 9.58. The topological polar surface area (TPSA) is 62.8 Å². The molecule has 3 rings (SSSR count). The summed E-state index contributed by atoms with van der Waals surface area (Å²) in [6, 6.07) is 6.12. The summed E-state index contributed by atoms with van der Waals surface area (Å²) in [5.74, 6) is 1.50. The number of hydrogen-bond donors (Lipinski definition) is 2. The van der Waals surface area contributed by atoms with Crippen molar-refractivity contribution in [2.24, 2.45) is 5.92 Å². The highest BCUT2D eigenvalue weighted by atomic mass is 16.6. The SMILES string of the molecule is CC1Nc2ccc(OCCC3CCN(C(=O)OC(C)(C)C)CC3)cc2N1. The van der Waals surface area contributed by atoms with Crippen LogP contribution in [0.25, 0.3) is 0 Å². The van der Waals surface area contributed by atoms with Gasteiger partial charge in [-0.25, -0.2) is 4.79 Å². The van der Waals surface area contributed by atoms with Crippen LogP contribution in [0.5, 0.6) is 5.75 Å². The van der Waals surface area contributed by atoms with Crippen LogP contribution in [0.1, 0.15) is 47.0 Å². The van der Waals surface area contributed by atoms with E-state index in [0.29, 0.717) is 12.5 Å². The summed E-state index contributed by atoms with van der Waals surface area (Å²) >= 11 is 0. The molecule has 1 unspecified atom stereocenters. The summed E-state index contributed by atoms with van der Waals surface area (Å²) in [6.45, 7) is 10.0. The second-order valence-corrected chi connectivity index (χ2v) is 8.27. The number of hydrogen-bond acceptors (Lipinski definition) is 5. The van der Waals surface area contributed by atoms with Gasteiger partial charge in [0.05, 0.1) is 24.1 Å². The van der Waals surface area contributed by atoms with Crippen molar-refractivity contribution < 1.29 is 14.3 Å². The summed E-state index contributed by atoms with van der Waals surface area (Å²) in [6.07, 6.45) is 3.10. The molecule has 1 aromatic carbocycles. The van der Waals surface area contributed by atoms with Crippen LogP contribution in [0.3, 0.4) is 0 Å².